The van der Waals surface area contributed by atoms with Crippen molar-refractivity contribution in [1.82, 2.24) is 19.3 Å². The Labute approximate surface area is 145 Å². The number of aliphatic hydroxyl groups excluding tert-OH is 1. The van der Waals surface area contributed by atoms with Crippen LogP contribution in [0.4, 0.5) is 0 Å². The molecule has 1 aromatic carbocycles. The van der Waals surface area contributed by atoms with E-state index in [1.54, 1.807) is 11.7 Å². The lowest BCUT2D eigenvalue weighted by Crippen LogP contribution is -2.30. The van der Waals surface area contributed by atoms with Crippen LogP contribution in [-0.2, 0) is 13.6 Å². The van der Waals surface area contributed by atoms with Gasteiger partial charge in [-0.3, -0.25) is 14.0 Å². The van der Waals surface area contributed by atoms with Gasteiger partial charge in [0.1, 0.15) is 30.2 Å². The van der Waals surface area contributed by atoms with Crippen molar-refractivity contribution in [2.45, 2.75) is 32.4 Å². The van der Waals surface area contributed by atoms with Gasteiger partial charge in [0.2, 0.25) is 0 Å². The van der Waals surface area contributed by atoms with Crippen molar-refractivity contribution in [3.8, 4) is 5.75 Å². The summed E-state index contributed by atoms with van der Waals surface area (Å²) in [4.78, 5) is 16.6. The first kappa shape index (κ1) is 17.2. The standard InChI is InChI=1S/C18H22N4O3/c1-12(2)14-6-4-5-7-16(14)25-10-13(23)9-22-11-19-17-15(18(22)24)8-20-21(17)3/h4-8,11-13,23H,9-10H2,1-3H3. The molecule has 0 fully saturated rings. The summed E-state index contributed by atoms with van der Waals surface area (Å²) >= 11 is 0. The average molecular weight is 342 g/mol. The number of ether oxygens (including phenoxy) is 1. The SMILES string of the molecule is CC(C)c1ccccc1OCC(O)Cn1cnc2c(cnn2C)c1=O. The van der Waals surface area contributed by atoms with Crippen LogP contribution in [0.2, 0.25) is 0 Å². The summed E-state index contributed by atoms with van der Waals surface area (Å²) in [7, 11) is 1.73. The second-order valence-electron chi connectivity index (χ2n) is 6.36. The third-order valence-corrected chi connectivity index (χ3v) is 4.10. The van der Waals surface area contributed by atoms with Crippen molar-refractivity contribution in [2.24, 2.45) is 7.05 Å². The minimum Gasteiger partial charge on any atom is -0.491 e. The zero-order valence-electron chi connectivity index (χ0n) is 14.6. The topological polar surface area (TPSA) is 82.2 Å². The first-order valence-electron chi connectivity index (χ1n) is 8.24. The Hall–Kier alpha value is -2.67. The third-order valence-electron chi connectivity index (χ3n) is 4.10. The normalized spacial score (nSPS) is 12.7. The molecule has 3 rings (SSSR count). The number of aryl methyl sites for hydroxylation is 1. The summed E-state index contributed by atoms with van der Waals surface area (Å²) in [6, 6.07) is 7.76. The fourth-order valence-electron chi connectivity index (χ4n) is 2.75. The van der Waals surface area contributed by atoms with Gasteiger partial charge in [0.15, 0.2) is 5.65 Å². The molecule has 25 heavy (non-hydrogen) atoms. The number of aromatic nitrogens is 4. The van der Waals surface area contributed by atoms with Gasteiger partial charge in [-0.1, -0.05) is 32.0 Å². The average Bonchev–Trinajstić information content (AvgIpc) is 2.97. The number of aliphatic hydroxyl groups is 1. The second kappa shape index (κ2) is 7.06. The maximum atomic E-state index is 12.4. The van der Waals surface area contributed by atoms with E-state index in [2.05, 4.69) is 23.9 Å². The van der Waals surface area contributed by atoms with Gasteiger partial charge >= 0.3 is 0 Å². The molecule has 7 nitrogen and oxygen atoms in total. The summed E-state index contributed by atoms with van der Waals surface area (Å²) in [6.45, 7) is 4.39. The molecule has 0 aliphatic heterocycles. The van der Waals surface area contributed by atoms with Gasteiger partial charge in [-0.25, -0.2) is 4.98 Å². The summed E-state index contributed by atoms with van der Waals surface area (Å²) in [5, 5.41) is 14.7. The number of nitrogens with zero attached hydrogens (tertiary/aromatic N) is 4. The number of rotatable bonds is 6. The van der Waals surface area contributed by atoms with E-state index in [1.165, 1.54) is 17.1 Å². The maximum absolute atomic E-state index is 12.4. The predicted octanol–water partition coefficient (Wildman–Crippen LogP) is 1.69. The summed E-state index contributed by atoms with van der Waals surface area (Å²) < 4.78 is 8.69. The Kier molecular flexibility index (Phi) is 4.85. The largest absolute Gasteiger partial charge is 0.491 e. The van der Waals surface area contributed by atoms with Gasteiger partial charge in [-0.15, -0.1) is 0 Å². The zero-order valence-corrected chi connectivity index (χ0v) is 14.6. The summed E-state index contributed by atoms with van der Waals surface area (Å²) in [5.41, 5.74) is 1.39. The molecular weight excluding hydrogens is 320 g/mol. The van der Waals surface area contributed by atoms with Crippen molar-refractivity contribution in [2.75, 3.05) is 6.61 Å². The molecule has 0 aliphatic carbocycles. The number of hydrogen-bond acceptors (Lipinski definition) is 5. The first-order valence-corrected chi connectivity index (χ1v) is 8.24. The highest BCUT2D eigenvalue weighted by Crippen LogP contribution is 2.25. The number of fused-ring (bicyclic) bond motifs is 1. The minimum absolute atomic E-state index is 0.0985. The molecule has 2 heterocycles. The molecule has 2 aromatic heterocycles. The van der Waals surface area contributed by atoms with Gasteiger partial charge in [0.05, 0.1) is 12.7 Å². The highest BCUT2D eigenvalue weighted by atomic mass is 16.5. The molecule has 0 saturated heterocycles. The molecule has 0 amide bonds. The molecular formula is C18H22N4O3. The zero-order chi connectivity index (χ0) is 18.0. The van der Waals surface area contributed by atoms with Gasteiger partial charge in [-0.05, 0) is 17.5 Å². The predicted molar refractivity (Wildman–Crippen MR) is 94.8 cm³/mol. The van der Waals surface area contributed by atoms with Crippen molar-refractivity contribution in [3.63, 3.8) is 0 Å². The van der Waals surface area contributed by atoms with E-state index in [4.69, 9.17) is 4.74 Å². The van der Waals surface area contributed by atoms with Crippen LogP contribution >= 0.6 is 0 Å². The Morgan fingerprint density at radius 2 is 2.04 bits per heavy atom. The quantitative estimate of drug-likeness (QED) is 0.737. The van der Waals surface area contributed by atoms with Crippen LogP contribution in [0.1, 0.15) is 25.3 Å². The number of benzene rings is 1. The molecule has 7 heteroatoms. The van der Waals surface area contributed by atoms with Crippen molar-refractivity contribution in [3.05, 3.63) is 52.7 Å². The Bertz CT molecular complexity index is 929. The molecule has 1 N–H and O–H groups in total. The lowest BCUT2D eigenvalue weighted by Gasteiger charge is -2.17. The highest BCUT2D eigenvalue weighted by Gasteiger charge is 2.13. The van der Waals surface area contributed by atoms with Crippen LogP contribution in [-0.4, -0.2) is 37.1 Å². The molecule has 0 spiro atoms. The van der Waals surface area contributed by atoms with Crippen LogP contribution in [0.5, 0.6) is 5.75 Å². The summed E-state index contributed by atoms with van der Waals surface area (Å²) in [6.07, 6.45) is 2.09. The molecule has 0 radical (unpaired) electrons. The molecule has 3 aromatic rings. The molecule has 0 saturated carbocycles. The minimum atomic E-state index is -0.825. The maximum Gasteiger partial charge on any atom is 0.264 e. The van der Waals surface area contributed by atoms with E-state index in [0.717, 1.165) is 11.3 Å². The Balaban J connectivity index is 1.70. The van der Waals surface area contributed by atoms with Crippen molar-refractivity contribution in [1.29, 1.82) is 0 Å². The van der Waals surface area contributed by atoms with E-state index in [0.29, 0.717) is 17.0 Å². The van der Waals surface area contributed by atoms with E-state index in [9.17, 15) is 9.90 Å². The molecule has 1 unspecified atom stereocenters. The van der Waals surface area contributed by atoms with Crippen molar-refractivity contribution < 1.29 is 9.84 Å². The number of para-hydroxylation sites is 1. The monoisotopic (exact) mass is 342 g/mol. The van der Waals surface area contributed by atoms with Crippen LogP contribution in [0.25, 0.3) is 11.0 Å². The fraction of sp³-hybridized carbons (Fsp3) is 0.389. The van der Waals surface area contributed by atoms with E-state index >= 15 is 0 Å². The lowest BCUT2D eigenvalue weighted by molar-refractivity contribution is 0.0909. The van der Waals surface area contributed by atoms with Gasteiger partial charge in [0, 0.05) is 7.05 Å². The van der Waals surface area contributed by atoms with Gasteiger partial charge in [-0.2, -0.15) is 5.10 Å². The van der Waals surface area contributed by atoms with Crippen molar-refractivity contribution >= 4 is 11.0 Å². The van der Waals surface area contributed by atoms with Crippen LogP contribution < -0.4 is 10.3 Å². The van der Waals surface area contributed by atoms with Crippen LogP contribution in [0.15, 0.2) is 41.6 Å². The van der Waals surface area contributed by atoms with E-state index < -0.39 is 6.10 Å². The molecule has 0 aliphatic rings. The fourth-order valence-corrected chi connectivity index (χ4v) is 2.75. The lowest BCUT2D eigenvalue weighted by atomic mass is 10.0. The Morgan fingerprint density at radius 3 is 2.80 bits per heavy atom. The second-order valence-corrected chi connectivity index (χ2v) is 6.36. The van der Waals surface area contributed by atoms with Crippen LogP contribution in [0, 0.1) is 0 Å². The smallest absolute Gasteiger partial charge is 0.264 e. The number of hydrogen-bond donors (Lipinski definition) is 1. The third kappa shape index (κ3) is 3.56. The van der Waals surface area contributed by atoms with Gasteiger partial charge in [0.25, 0.3) is 5.56 Å². The molecule has 0 bridgehead atoms. The molecule has 132 valence electrons. The Morgan fingerprint density at radius 1 is 1.28 bits per heavy atom. The van der Waals surface area contributed by atoms with Crippen LogP contribution in [0.3, 0.4) is 0 Å². The highest BCUT2D eigenvalue weighted by molar-refractivity contribution is 5.72. The van der Waals surface area contributed by atoms with Gasteiger partial charge < -0.3 is 9.84 Å². The van der Waals surface area contributed by atoms with E-state index in [-0.39, 0.29) is 18.7 Å². The molecule has 1 atom stereocenters. The first-order chi connectivity index (χ1) is 12.0. The summed E-state index contributed by atoms with van der Waals surface area (Å²) in [5.74, 6) is 1.08. The van der Waals surface area contributed by atoms with E-state index in [1.807, 2.05) is 24.3 Å².